The smallest absolute Gasteiger partial charge is 0.344 e. The highest BCUT2D eigenvalue weighted by molar-refractivity contribution is 6.33. The zero-order valence-corrected chi connectivity index (χ0v) is 16.1. The van der Waals surface area contributed by atoms with Crippen molar-refractivity contribution in [2.45, 2.75) is 19.6 Å². The van der Waals surface area contributed by atoms with Crippen molar-refractivity contribution in [3.8, 4) is 17.1 Å². The van der Waals surface area contributed by atoms with Crippen LogP contribution in [0.2, 0.25) is 5.02 Å². The predicted octanol–water partition coefficient (Wildman–Crippen LogP) is 3.26. The number of halogens is 4. The summed E-state index contributed by atoms with van der Waals surface area (Å²) in [6.45, 7) is 1.03. The molecule has 1 heterocycles. The first-order chi connectivity index (χ1) is 14.1. The third-order valence-corrected chi connectivity index (χ3v) is 4.46. The highest BCUT2D eigenvalue weighted by Crippen LogP contribution is 2.26. The number of carbonyl (C=O) groups excluding carboxylic acids is 2. The van der Waals surface area contributed by atoms with Crippen LogP contribution in [-0.4, -0.2) is 32.6 Å². The van der Waals surface area contributed by atoms with Crippen molar-refractivity contribution in [1.82, 2.24) is 20.1 Å². The van der Waals surface area contributed by atoms with Gasteiger partial charge in [0.15, 0.2) is 11.6 Å². The van der Waals surface area contributed by atoms with Crippen molar-refractivity contribution in [2.24, 2.45) is 0 Å². The van der Waals surface area contributed by atoms with Gasteiger partial charge >= 0.3 is 17.8 Å². The topological polar surface area (TPSA) is 96.8 Å². The normalized spacial score (nSPS) is 11.4. The van der Waals surface area contributed by atoms with Crippen LogP contribution in [0.25, 0.3) is 17.1 Å². The van der Waals surface area contributed by atoms with E-state index in [0.717, 1.165) is 4.68 Å². The highest BCUT2D eigenvalue weighted by Gasteiger charge is 2.38. The van der Waals surface area contributed by atoms with Crippen LogP contribution in [0.15, 0.2) is 47.3 Å². The quantitative estimate of drug-likeness (QED) is 0.597. The van der Waals surface area contributed by atoms with E-state index >= 15 is 0 Å². The molecule has 0 aliphatic carbocycles. The number of H-pyrrole nitrogens is 1. The number of rotatable bonds is 5. The van der Waals surface area contributed by atoms with Crippen molar-refractivity contribution in [2.75, 3.05) is 0 Å². The van der Waals surface area contributed by atoms with Crippen LogP contribution in [0.4, 0.5) is 13.2 Å². The van der Waals surface area contributed by atoms with E-state index in [0.29, 0.717) is 16.8 Å². The molecule has 0 unspecified atom stereocenters. The second kappa shape index (κ2) is 8.15. The standard InChI is InChI=1S/C19H14ClF3N4O3/c1-10(28)12-3-5-13(6-4-12)27-18(30)25-16(26-27)14-8-11(2-7-15(14)20)9-24-17(29)19(21,22)23/h2-8H,9H2,1H3,(H,24,29)(H,25,26,30). The van der Waals surface area contributed by atoms with Crippen LogP contribution in [0.1, 0.15) is 22.8 Å². The van der Waals surface area contributed by atoms with E-state index < -0.39 is 17.8 Å². The van der Waals surface area contributed by atoms with Crippen molar-refractivity contribution in [3.63, 3.8) is 0 Å². The van der Waals surface area contributed by atoms with Crippen LogP contribution in [0.5, 0.6) is 0 Å². The van der Waals surface area contributed by atoms with E-state index in [1.807, 2.05) is 0 Å². The average Bonchev–Trinajstić information content (AvgIpc) is 3.07. The van der Waals surface area contributed by atoms with Gasteiger partial charge in [0.2, 0.25) is 0 Å². The molecule has 0 spiro atoms. The summed E-state index contributed by atoms with van der Waals surface area (Å²) < 4.78 is 38.1. The second-order valence-corrected chi connectivity index (χ2v) is 6.70. The lowest BCUT2D eigenvalue weighted by atomic mass is 10.1. The van der Waals surface area contributed by atoms with Crippen molar-refractivity contribution in [1.29, 1.82) is 0 Å². The molecule has 0 bridgehead atoms. The first-order valence-corrected chi connectivity index (χ1v) is 8.88. The Hall–Kier alpha value is -3.40. The summed E-state index contributed by atoms with van der Waals surface area (Å²) in [4.78, 5) is 37.2. The summed E-state index contributed by atoms with van der Waals surface area (Å²) in [5, 5.41) is 6.14. The molecule has 7 nitrogen and oxygen atoms in total. The molecular weight excluding hydrogens is 425 g/mol. The Balaban J connectivity index is 1.89. The largest absolute Gasteiger partial charge is 0.471 e. The minimum absolute atomic E-state index is 0.0876. The summed E-state index contributed by atoms with van der Waals surface area (Å²) in [5.74, 6) is -2.10. The van der Waals surface area contributed by atoms with Gasteiger partial charge in [-0.2, -0.15) is 17.9 Å². The Bertz CT molecular complexity index is 1170. The van der Waals surface area contributed by atoms with Crippen molar-refractivity contribution in [3.05, 3.63) is 69.1 Å². The molecule has 30 heavy (non-hydrogen) atoms. The Kier molecular flexibility index (Phi) is 5.79. The fourth-order valence-corrected chi connectivity index (χ4v) is 2.81. The Morgan fingerprint density at radius 2 is 1.83 bits per heavy atom. The molecule has 0 aliphatic rings. The van der Waals surface area contributed by atoms with E-state index in [2.05, 4.69) is 10.1 Å². The first-order valence-electron chi connectivity index (χ1n) is 8.51. The number of carbonyl (C=O) groups is 2. The molecule has 11 heteroatoms. The number of hydrogen-bond donors (Lipinski definition) is 2. The third-order valence-electron chi connectivity index (χ3n) is 4.13. The van der Waals surface area contributed by atoms with Crippen LogP contribution >= 0.6 is 11.6 Å². The second-order valence-electron chi connectivity index (χ2n) is 6.29. The van der Waals surface area contributed by atoms with E-state index in [4.69, 9.17) is 11.6 Å². The predicted molar refractivity (Wildman–Crippen MR) is 103 cm³/mol. The Morgan fingerprint density at radius 1 is 1.17 bits per heavy atom. The van der Waals surface area contributed by atoms with Gasteiger partial charge in [0.25, 0.3) is 0 Å². The maximum Gasteiger partial charge on any atom is 0.471 e. The molecule has 0 atom stereocenters. The highest BCUT2D eigenvalue weighted by atomic mass is 35.5. The van der Waals surface area contributed by atoms with Crippen LogP contribution in [0.3, 0.4) is 0 Å². The van der Waals surface area contributed by atoms with Gasteiger partial charge in [0.1, 0.15) is 0 Å². The zero-order valence-electron chi connectivity index (χ0n) is 15.4. The lowest BCUT2D eigenvalue weighted by Gasteiger charge is -2.09. The number of aromatic amines is 1. The van der Waals surface area contributed by atoms with E-state index in [1.54, 1.807) is 29.6 Å². The van der Waals surface area contributed by atoms with E-state index in [1.165, 1.54) is 25.1 Å². The summed E-state index contributed by atoms with van der Waals surface area (Å²) in [5.41, 5.74) is 0.892. The van der Waals surface area contributed by atoms with Gasteiger partial charge in [-0.1, -0.05) is 17.7 Å². The number of nitrogens with zero attached hydrogens (tertiary/aromatic N) is 2. The zero-order chi connectivity index (χ0) is 22.1. The Morgan fingerprint density at radius 3 is 2.43 bits per heavy atom. The number of Topliss-reactive ketones (excluding diaryl/α,β-unsaturated/α-hetero) is 1. The third kappa shape index (κ3) is 4.60. The van der Waals surface area contributed by atoms with Gasteiger partial charge in [-0.25, -0.2) is 4.79 Å². The molecule has 0 saturated carbocycles. The number of alkyl halides is 3. The van der Waals surface area contributed by atoms with E-state index in [9.17, 15) is 27.6 Å². The monoisotopic (exact) mass is 438 g/mol. The SMILES string of the molecule is CC(=O)c1ccc(-n2nc(-c3cc(CNC(=O)C(F)(F)F)ccc3Cl)[nH]c2=O)cc1. The lowest BCUT2D eigenvalue weighted by Crippen LogP contribution is -2.36. The molecular formula is C19H14ClF3N4O3. The maximum absolute atomic E-state index is 12.3. The fourth-order valence-electron chi connectivity index (χ4n) is 2.60. The van der Waals surface area contributed by atoms with Gasteiger partial charge in [-0.15, -0.1) is 5.10 Å². The molecule has 1 amide bonds. The van der Waals surface area contributed by atoms with Crippen LogP contribution < -0.4 is 11.0 Å². The minimum Gasteiger partial charge on any atom is -0.344 e. The van der Waals surface area contributed by atoms with Crippen LogP contribution in [0, 0.1) is 0 Å². The molecule has 3 rings (SSSR count). The number of benzene rings is 2. The van der Waals surface area contributed by atoms with Crippen LogP contribution in [-0.2, 0) is 11.3 Å². The summed E-state index contributed by atoms with van der Waals surface area (Å²) in [6.07, 6.45) is -4.99. The molecule has 2 aromatic carbocycles. The number of hydrogen-bond acceptors (Lipinski definition) is 4. The van der Waals surface area contributed by atoms with Gasteiger partial charge in [0, 0.05) is 17.7 Å². The molecule has 156 valence electrons. The lowest BCUT2D eigenvalue weighted by molar-refractivity contribution is -0.173. The minimum atomic E-state index is -4.99. The summed E-state index contributed by atoms with van der Waals surface area (Å²) >= 11 is 6.15. The molecule has 0 saturated heterocycles. The Labute approximate surface area is 172 Å². The molecule has 2 N–H and O–H groups in total. The molecule has 0 fully saturated rings. The van der Waals surface area contributed by atoms with Gasteiger partial charge in [-0.3, -0.25) is 14.6 Å². The van der Waals surface area contributed by atoms with Gasteiger partial charge in [0.05, 0.1) is 10.7 Å². The molecule has 0 aliphatic heterocycles. The maximum atomic E-state index is 12.3. The average molecular weight is 439 g/mol. The number of aromatic nitrogens is 3. The van der Waals surface area contributed by atoms with Gasteiger partial charge < -0.3 is 5.32 Å². The van der Waals surface area contributed by atoms with Crippen molar-refractivity contribution < 1.29 is 22.8 Å². The molecule has 3 aromatic rings. The first kappa shape index (κ1) is 21.3. The molecule has 0 radical (unpaired) electrons. The fraction of sp³-hybridized carbons (Fsp3) is 0.158. The summed E-state index contributed by atoms with van der Waals surface area (Å²) in [6, 6.07) is 10.5. The van der Waals surface area contributed by atoms with Crippen molar-refractivity contribution >= 4 is 23.3 Å². The number of amides is 1. The number of ketones is 1. The van der Waals surface area contributed by atoms with Gasteiger partial charge in [-0.05, 0) is 48.9 Å². The number of nitrogens with one attached hydrogen (secondary N) is 2. The van der Waals surface area contributed by atoms with E-state index in [-0.39, 0.29) is 28.7 Å². The molecule has 1 aromatic heterocycles. The summed E-state index contributed by atoms with van der Waals surface area (Å²) in [7, 11) is 0.